The molecule has 0 fully saturated rings. The Bertz CT molecular complexity index is 1030. The van der Waals surface area contributed by atoms with Crippen molar-refractivity contribution >= 4 is 22.6 Å². The third-order valence-corrected chi connectivity index (χ3v) is 5.92. The molecule has 0 radical (unpaired) electrons. The summed E-state index contributed by atoms with van der Waals surface area (Å²) < 4.78 is 42.6. The van der Waals surface area contributed by atoms with Crippen molar-refractivity contribution in [3.8, 4) is 0 Å². The summed E-state index contributed by atoms with van der Waals surface area (Å²) in [4.78, 5) is 20.7. The molecule has 170 valence electrons. The molecular formula is C23H25F3N4OS. The highest BCUT2D eigenvalue weighted by Crippen LogP contribution is 2.29. The SMILES string of the molecule is CCN(CCN(C)C(=O)c1ccc(C(F)(F)F)cc1)c1nc(Cc2ccc(C)cc2)ns1. The molecule has 1 aromatic heterocycles. The molecule has 3 aromatic rings. The quantitative estimate of drug-likeness (QED) is 0.470. The number of rotatable bonds is 8. The minimum absolute atomic E-state index is 0.222. The molecule has 0 bridgehead atoms. The predicted molar refractivity (Wildman–Crippen MR) is 120 cm³/mol. The molecule has 0 atom stereocenters. The number of hydrogen-bond acceptors (Lipinski definition) is 5. The van der Waals surface area contributed by atoms with Crippen LogP contribution >= 0.6 is 11.5 Å². The van der Waals surface area contributed by atoms with E-state index in [1.54, 1.807) is 7.05 Å². The minimum Gasteiger partial charge on any atom is -0.345 e. The number of aryl methyl sites for hydroxylation is 1. The van der Waals surface area contributed by atoms with Crippen LogP contribution in [0.5, 0.6) is 0 Å². The number of likely N-dealkylation sites (N-methyl/N-ethyl adjacent to an activating group) is 2. The smallest absolute Gasteiger partial charge is 0.345 e. The molecule has 0 aliphatic carbocycles. The molecule has 0 spiro atoms. The summed E-state index contributed by atoms with van der Waals surface area (Å²) in [5.74, 6) is 0.425. The lowest BCUT2D eigenvalue weighted by Gasteiger charge is -2.24. The maximum atomic E-state index is 12.7. The Morgan fingerprint density at radius 2 is 1.69 bits per heavy atom. The number of amides is 1. The van der Waals surface area contributed by atoms with Gasteiger partial charge in [0.15, 0.2) is 0 Å². The van der Waals surface area contributed by atoms with Crippen molar-refractivity contribution < 1.29 is 18.0 Å². The first-order chi connectivity index (χ1) is 15.2. The van der Waals surface area contributed by atoms with E-state index in [-0.39, 0.29) is 11.5 Å². The second kappa shape index (κ2) is 10.1. The van der Waals surface area contributed by atoms with Gasteiger partial charge in [-0.15, -0.1) is 0 Å². The van der Waals surface area contributed by atoms with Crippen molar-refractivity contribution in [2.45, 2.75) is 26.4 Å². The van der Waals surface area contributed by atoms with Gasteiger partial charge >= 0.3 is 6.18 Å². The van der Waals surface area contributed by atoms with Gasteiger partial charge < -0.3 is 9.80 Å². The van der Waals surface area contributed by atoms with Crippen LogP contribution in [0.2, 0.25) is 0 Å². The average Bonchev–Trinajstić information content (AvgIpc) is 3.23. The summed E-state index contributed by atoms with van der Waals surface area (Å²) >= 11 is 1.32. The van der Waals surface area contributed by atoms with Crippen LogP contribution in [-0.4, -0.2) is 46.8 Å². The van der Waals surface area contributed by atoms with E-state index in [9.17, 15) is 18.0 Å². The van der Waals surface area contributed by atoms with Crippen molar-refractivity contribution in [3.05, 3.63) is 76.6 Å². The number of anilines is 1. The number of carbonyl (C=O) groups excluding carboxylic acids is 1. The van der Waals surface area contributed by atoms with Gasteiger partial charge in [0.05, 0.1) is 5.56 Å². The molecule has 1 heterocycles. The van der Waals surface area contributed by atoms with Gasteiger partial charge in [-0.2, -0.15) is 17.5 Å². The number of hydrogen-bond donors (Lipinski definition) is 0. The van der Waals surface area contributed by atoms with E-state index >= 15 is 0 Å². The van der Waals surface area contributed by atoms with Crippen LogP contribution in [-0.2, 0) is 12.6 Å². The van der Waals surface area contributed by atoms with Crippen LogP contribution in [0.4, 0.5) is 18.3 Å². The van der Waals surface area contributed by atoms with E-state index < -0.39 is 11.7 Å². The topological polar surface area (TPSA) is 49.3 Å². The number of alkyl halides is 3. The molecule has 5 nitrogen and oxygen atoms in total. The zero-order valence-corrected chi connectivity index (χ0v) is 19.0. The first-order valence-corrected chi connectivity index (χ1v) is 11.0. The fraction of sp³-hybridized carbons (Fsp3) is 0.348. The number of benzene rings is 2. The van der Waals surface area contributed by atoms with Crippen LogP contribution in [0.15, 0.2) is 48.5 Å². The fourth-order valence-corrected chi connectivity index (χ4v) is 3.89. The molecule has 0 aliphatic heterocycles. The standard InChI is InChI=1S/C23H25F3N4OS/c1-4-30(22-27-20(28-32-22)15-17-7-5-16(2)6-8-17)14-13-29(3)21(31)18-9-11-19(12-10-18)23(24,25)26/h5-12H,4,13-15H2,1-3H3. The molecule has 32 heavy (non-hydrogen) atoms. The number of aromatic nitrogens is 2. The summed E-state index contributed by atoms with van der Waals surface area (Å²) in [6.45, 7) is 5.68. The highest BCUT2D eigenvalue weighted by Gasteiger charge is 2.30. The normalized spacial score (nSPS) is 11.4. The van der Waals surface area contributed by atoms with Crippen molar-refractivity contribution in [3.63, 3.8) is 0 Å². The summed E-state index contributed by atoms with van der Waals surface area (Å²) in [6, 6.07) is 12.5. The summed E-state index contributed by atoms with van der Waals surface area (Å²) in [5.41, 5.74) is 1.80. The number of nitrogens with zero attached hydrogens (tertiary/aromatic N) is 4. The van der Waals surface area contributed by atoms with E-state index in [1.165, 1.54) is 34.1 Å². The zero-order chi connectivity index (χ0) is 23.3. The van der Waals surface area contributed by atoms with E-state index in [2.05, 4.69) is 33.6 Å². The molecule has 0 unspecified atom stereocenters. The molecule has 0 N–H and O–H groups in total. The highest BCUT2D eigenvalue weighted by atomic mass is 32.1. The molecule has 9 heteroatoms. The minimum atomic E-state index is -4.42. The van der Waals surface area contributed by atoms with Crippen molar-refractivity contribution in [2.24, 2.45) is 0 Å². The van der Waals surface area contributed by atoms with E-state index in [4.69, 9.17) is 0 Å². The van der Waals surface area contributed by atoms with E-state index in [0.717, 1.165) is 28.7 Å². The van der Waals surface area contributed by atoms with Crippen LogP contribution in [0.3, 0.4) is 0 Å². The second-order valence-corrected chi connectivity index (χ2v) is 8.27. The first kappa shape index (κ1) is 23.7. The maximum absolute atomic E-state index is 12.7. The molecular weight excluding hydrogens is 437 g/mol. The largest absolute Gasteiger partial charge is 0.416 e. The first-order valence-electron chi connectivity index (χ1n) is 10.2. The van der Waals surface area contributed by atoms with Crippen LogP contribution < -0.4 is 4.90 Å². The summed E-state index contributed by atoms with van der Waals surface area (Å²) in [6.07, 6.45) is -3.77. The second-order valence-electron chi connectivity index (χ2n) is 7.54. The monoisotopic (exact) mass is 462 g/mol. The lowest BCUT2D eigenvalue weighted by Crippen LogP contribution is -2.36. The number of carbonyl (C=O) groups is 1. The van der Waals surface area contributed by atoms with E-state index in [0.29, 0.717) is 26.1 Å². The van der Waals surface area contributed by atoms with Gasteiger partial charge in [0, 0.05) is 50.2 Å². The van der Waals surface area contributed by atoms with Crippen LogP contribution in [0.25, 0.3) is 0 Å². The van der Waals surface area contributed by atoms with E-state index in [1.807, 2.05) is 18.7 Å². The molecule has 1 amide bonds. The Hall–Kier alpha value is -2.94. The lowest BCUT2D eigenvalue weighted by molar-refractivity contribution is -0.137. The maximum Gasteiger partial charge on any atom is 0.416 e. The van der Waals surface area contributed by atoms with Crippen LogP contribution in [0, 0.1) is 6.92 Å². The fourth-order valence-electron chi connectivity index (χ4n) is 3.12. The molecule has 0 saturated heterocycles. The highest BCUT2D eigenvalue weighted by molar-refractivity contribution is 7.09. The van der Waals surface area contributed by atoms with Gasteiger partial charge in [-0.3, -0.25) is 4.79 Å². The number of halogens is 3. The third kappa shape index (κ3) is 6.06. The average molecular weight is 463 g/mol. The van der Waals surface area contributed by atoms with Gasteiger partial charge in [-0.1, -0.05) is 29.8 Å². The summed E-state index contributed by atoms with van der Waals surface area (Å²) in [7, 11) is 1.64. The van der Waals surface area contributed by atoms with Gasteiger partial charge in [-0.05, 0) is 43.7 Å². The van der Waals surface area contributed by atoms with Crippen molar-refractivity contribution in [1.82, 2.24) is 14.3 Å². The Balaban J connectivity index is 1.58. The van der Waals surface area contributed by atoms with Crippen molar-refractivity contribution in [1.29, 1.82) is 0 Å². The Morgan fingerprint density at radius 3 is 2.28 bits per heavy atom. The molecule has 0 aliphatic rings. The Labute approximate surface area is 189 Å². The van der Waals surface area contributed by atoms with Gasteiger partial charge in [0.25, 0.3) is 5.91 Å². The van der Waals surface area contributed by atoms with Crippen LogP contribution in [0.1, 0.15) is 39.8 Å². The summed E-state index contributed by atoms with van der Waals surface area (Å²) in [5, 5.41) is 0.782. The lowest BCUT2D eigenvalue weighted by atomic mass is 10.1. The van der Waals surface area contributed by atoms with Gasteiger partial charge in [-0.25, -0.2) is 4.98 Å². The predicted octanol–water partition coefficient (Wildman–Crippen LogP) is 5.05. The third-order valence-electron chi connectivity index (χ3n) is 5.10. The molecule has 0 saturated carbocycles. The zero-order valence-electron chi connectivity index (χ0n) is 18.2. The molecule has 2 aromatic carbocycles. The van der Waals surface area contributed by atoms with Gasteiger partial charge in [0.2, 0.25) is 5.13 Å². The Kier molecular flexibility index (Phi) is 7.50. The molecule has 3 rings (SSSR count). The Morgan fingerprint density at radius 1 is 1.03 bits per heavy atom. The van der Waals surface area contributed by atoms with Gasteiger partial charge in [0.1, 0.15) is 5.82 Å². The van der Waals surface area contributed by atoms with Crippen molar-refractivity contribution in [2.75, 3.05) is 31.6 Å².